The number of piperidine rings is 1. The van der Waals surface area contributed by atoms with Crippen LogP contribution in [0.25, 0.3) is 0 Å². The summed E-state index contributed by atoms with van der Waals surface area (Å²) in [5.41, 5.74) is 7.22. The van der Waals surface area contributed by atoms with Crippen molar-refractivity contribution in [3.8, 4) is 0 Å². The maximum atomic E-state index is 13.7. The molecule has 0 bridgehead atoms. The van der Waals surface area contributed by atoms with Crippen LogP contribution >= 0.6 is 0 Å². The van der Waals surface area contributed by atoms with Crippen LogP contribution in [0, 0.1) is 11.7 Å². The van der Waals surface area contributed by atoms with Gasteiger partial charge in [-0.05, 0) is 24.0 Å². The van der Waals surface area contributed by atoms with Crippen molar-refractivity contribution >= 4 is 0 Å². The largest absolute Gasteiger partial charge is 0.393 e. The van der Waals surface area contributed by atoms with Gasteiger partial charge >= 0.3 is 0 Å². The Kier molecular flexibility index (Phi) is 4.32. The maximum absolute atomic E-state index is 13.7. The Morgan fingerprint density at radius 2 is 2.28 bits per heavy atom. The molecule has 0 radical (unpaired) electrons. The van der Waals surface area contributed by atoms with Crippen LogP contribution in [0.3, 0.4) is 0 Å². The number of aliphatic hydroxyl groups is 1. The number of nitrogens with zero attached hydrogens (tertiary/aromatic N) is 1. The lowest BCUT2D eigenvalue weighted by molar-refractivity contribution is 0.0316. The number of hydrogen-bond acceptors (Lipinski definition) is 3. The lowest BCUT2D eigenvalue weighted by Gasteiger charge is -2.34. The first-order valence-electron chi connectivity index (χ1n) is 6.48. The molecule has 1 aromatic rings. The maximum Gasteiger partial charge on any atom is 0.127 e. The van der Waals surface area contributed by atoms with Gasteiger partial charge in [-0.3, -0.25) is 4.90 Å². The van der Waals surface area contributed by atoms with Gasteiger partial charge in [-0.25, -0.2) is 4.39 Å². The van der Waals surface area contributed by atoms with Gasteiger partial charge in [0.05, 0.1) is 6.10 Å². The highest BCUT2D eigenvalue weighted by Gasteiger charge is 2.24. The van der Waals surface area contributed by atoms with Gasteiger partial charge < -0.3 is 10.8 Å². The van der Waals surface area contributed by atoms with E-state index in [9.17, 15) is 9.50 Å². The van der Waals surface area contributed by atoms with E-state index in [1.165, 1.54) is 6.07 Å². The molecule has 0 aromatic heterocycles. The first kappa shape index (κ1) is 13.5. The summed E-state index contributed by atoms with van der Waals surface area (Å²) in [6, 6.07) is 5.05. The first-order chi connectivity index (χ1) is 8.60. The second-order valence-electron chi connectivity index (χ2n) is 5.20. The highest BCUT2D eigenvalue weighted by molar-refractivity contribution is 5.25. The summed E-state index contributed by atoms with van der Waals surface area (Å²) in [4.78, 5) is 2.19. The molecule has 0 amide bonds. The van der Waals surface area contributed by atoms with Crippen molar-refractivity contribution in [2.75, 3.05) is 13.1 Å². The monoisotopic (exact) mass is 252 g/mol. The van der Waals surface area contributed by atoms with Crippen molar-refractivity contribution in [1.29, 1.82) is 0 Å². The van der Waals surface area contributed by atoms with E-state index in [4.69, 9.17) is 5.73 Å². The molecule has 1 aliphatic heterocycles. The van der Waals surface area contributed by atoms with Gasteiger partial charge in [0, 0.05) is 31.7 Å². The van der Waals surface area contributed by atoms with E-state index in [0.29, 0.717) is 18.7 Å². The van der Waals surface area contributed by atoms with Crippen LogP contribution in [0.15, 0.2) is 18.2 Å². The third-order valence-corrected chi connectivity index (χ3v) is 3.68. The van der Waals surface area contributed by atoms with Gasteiger partial charge in [0.2, 0.25) is 0 Å². The van der Waals surface area contributed by atoms with Crippen LogP contribution < -0.4 is 5.73 Å². The molecule has 1 aliphatic rings. The molecule has 2 rings (SSSR count). The molecule has 0 spiro atoms. The van der Waals surface area contributed by atoms with Gasteiger partial charge in [-0.15, -0.1) is 0 Å². The number of hydrogen-bond donors (Lipinski definition) is 2. The molecular formula is C14H21FN2O. The van der Waals surface area contributed by atoms with Gasteiger partial charge in [0.15, 0.2) is 0 Å². The molecule has 3 N–H and O–H groups in total. The van der Waals surface area contributed by atoms with Crippen LogP contribution in [0.5, 0.6) is 0 Å². The fourth-order valence-corrected chi connectivity index (χ4v) is 2.48. The van der Waals surface area contributed by atoms with Crippen LogP contribution in [-0.4, -0.2) is 29.2 Å². The van der Waals surface area contributed by atoms with Crippen molar-refractivity contribution in [2.24, 2.45) is 11.7 Å². The summed E-state index contributed by atoms with van der Waals surface area (Å²) >= 11 is 0. The Balaban J connectivity index is 2.05. The fraction of sp³-hybridized carbons (Fsp3) is 0.571. The molecule has 0 aliphatic carbocycles. The van der Waals surface area contributed by atoms with E-state index in [2.05, 4.69) is 4.90 Å². The minimum Gasteiger partial charge on any atom is -0.393 e. The minimum atomic E-state index is -0.221. The summed E-state index contributed by atoms with van der Waals surface area (Å²) < 4.78 is 13.7. The minimum absolute atomic E-state index is 0.175. The Morgan fingerprint density at radius 3 is 2.94 bits per heavy atom. The Labute approximate surface area is 107 Å². The molecule has 2 atom stereocenters. The van der Waals surface area contributed by atoms with Gasteiger partial charge in [0.1, 0.15) is 5.82 Å². The van der Waals surface area contributed by atoms with Crippen molar-refractivity contribution in [2.45, 2.75) is 32.5 Å². The zero-order chi connectivity index (χ0) is 13.1. The molecule has 4 heteroatoms. The van der Waals surface area contributed by atoms with E-state index in [1.807, 2.05) is 13.0 Å². The molecule has 0 saturated carbocycles. The molecule has 1 heterocycles. The van der Waals surface area contributed by atoms with Crippen molar-refractivity contribution < 1.29 is 9.50 Å². The number of nitrogens with two attached hydrogens (primary N) is 1. The quantitative estimate of drug-likeness (QED) is 0.857. The zero-order valence-corrected chi connectivity index (χ0v) is 10.8. The number of rotatable bonds is 3. The number of likely N-dealkylation sites (tertiary alicyclic amines) is 1. The van der Waals surface area contributed by atoms with Gasteiger partial charge in [-0.2, -0.15) is 0 Å². The number of benzene rings is 1. The Bertz CT molecular complexity index is 411. The summed E-state index contributed by atoms with van der Waals surface area (Å²) in [5.74, 6) is 0.0745. The Morgan fingerprint density at radius 1 is 1.50 bits per heavy atom. The van der Waals surface area contributed by atoms with E-state index in [0.717, 1.165) is 25.1 Å². The molecule has 18 heavy (non-hydrogen) atoms. The van der Waals surface area contributed by atoms with E-state index in [1.54, 1.807) is 6.07 Å². The van der Waals surface area contributed by atoms with E-state index in [-0.39, 0.29) is 17.8 Å². The number of aliphatic hydroxyl groups excluding tert-OH is 1. The second kappa shape index (κ2) is 5.78. The normalized spacial score (nSPS) is 25.3. The molecule has 2 unspecified atom stereocenters. The zero-order valence-electron chi connectivity index (χ0n) is 10.8. The lowest BCUT2D eigenvalue weighted by atomic mass is 9.96. The molecule has 1 aromatic carbocycles. The SMILES string of the molecule is CC1CN(Cc2cc(CN)ccc2F)CCC1O. The third-order valence-electron chi connectivity index (χ3n) is 3.68. The smallest absolute Gasteiger partial charge is 0.127 e. The van der Waals surface area contributed by atoms with Gasteiger partial charge in [-0.1, -0.05) is 19.1 Å². The average Bonchev–Trinajstić information content (AvgIpc) is 2.36. The summed E-state index contributed by atoms with van der Waals surface area (Å²) in [6.07, 6.45) is 0.542. The third kappa shape index (κ3) is 3.07. The van der Waals surface area contributed by atoms with Crippen LogP contribution in [0.1, 0.15) is 24.5 Å². The molecule has 1 saturated heterocycles. The summed E-state index contributed by atoms with van der Waals surface area (Å²) in [5, 5.41) is 9.68. The van der Waals surface area contributed by atoms with Gasteiger partial charge in [0.25, 0.3) is 0 Å². The topological polar surface area (TPSA) is 49.5 Å². The molecule has 1 fully saturated rings. The van der Waals surface area contributed by atoms with E-state index >= 15 is 0 Å². The van der Waals surface area contributed by atoms with Crippen LogP contribution in [0.4, 0.5) is 4.39 Å². The van der Waals surface area contributed by atoms with Crippen LogP contribution in [-0.2, 0) is 13.1 Å². The standard InChI is InChI=1S/C14H21FN2O/c1-10-8-17(5-4-14(10)18)9-12-6-11(7-16)2-3-13(12)15/h2-3,6,10,14,18H,4-5,7-9,16H2,1H3. The fourth-order valence-electron chi connectivity index (χ4n) is 2.48. The predicted molar refractivity (Wildman–Crippen MR) is 69.4 cm³/mol. The molecular weight excluding hydrogens is 231 g/mol. The summed E-state index contributed by atoms with van der Waals surface area (Å²) in [7, 11) is 0. The van der Waals surface area contributed by atoms with E-state index < -0.39 is 0 Å². The second-order valence-corrected chi connectivity index (χ2v) is 5.20. The van der Waals surface area contributed by atoms with Crippen LogP contribution in [0.2, 0.25) is 0 Å². The lowest BCUT2D eigenvalue weighted by Crippen LogP contribution is -2.41. The first-order valence-corrected chi connectivity index (χ1v) is 6.48. The summed E-state index contributed by atoms with van der Waals surface area (Å²) in [6.45, 7) is 4.69. The Hall–Kier alpha value is -0.970. The molecule has 100 valence electrons. The predicted octanol–water partition coefficient (Wildman–Crippen LogP) is 1.49. The van der Waals surface area contributed by atoms with Crippen molar-refractivity contribution in [3.63, 3.8) is 0 Å². The van der Waals surface area contributed by atoms with Crippen molar-refractivity contribution in [1.82, 2.24) is 4.90 Å². The average molecular weight is 252 g/mol. The van der Waals surface area contributed by atoms with Crippen molar-refractivity contribution in [3.05, 3.63) is 35.1 Å². The highest BCUT2D eigenvalue weighted by atomic mass is 19.1. The molecule has 3 nitrogen and oxygen atoms in total. The number of halogens is 1. The highest BCUT2D eigenvalue weighted by Crippen LogP contribution is 2.20.